The van der Waals surface area contributed by atoms with Crippen LogP contribution < -0.4 is 15.4 Å². The molecule has 1 amide bonds. The van der Waals surface area contributed by atoms with E-state index in [1.807, 2.05) is 42.7 Å². The highest BCUT2D eigenvalue weighted by atomic mass is 16.5. The standard InChI is InChI=1S/C26H22N6O2/c1-34-22-10-8-21(9-11-22)30-26(33)20-6-4-19(5-7-20)23-17-29-32-14-12-24(31-25(23)32)28-16-18-3-2-13-27-15-18/h2-15,17H,16H2,1H3,(H,28,31)(H,30,33). The molecule has 0 atom stereocenters. The number of nitrogens with one attached hydrogen (secondary N) is 2. The van der Waals surface area contributed by atoms with Crippen LogP contribution in [0.4, 0.5) is 11.5 Å². The van der Waals surface area contributed by atoms with Gasteiger partial charge < -0.3 is 15.4 Å². The molecular formula is C26H22N6O2. The molecule has 0 saturated heterocycles. The Morgan fingerprint density at radius 2 is 1.82 bits per heavy atom. The maximum atomic E-state index is 12.6. The van der Waals surface area contributed by atoms with Crippen LogP contribution in [0.3, 0.4) is 0 Å². The van der Waals surface area contributed by atoms with Gasteiger partial charge in [0.1, 0.15) is 11.6 Å². The lowest BCUT2D eigenvalue weighted by Gasteiger charge is -2.08. The van der Waals surface area contributed by atoms with Crippen LogP contribution in [0.25, 0.3) is 16.8 Å². The Balaban J connectivity index is 1.32. The number of hydrogen-bond donors (Lipinski definition) is 2. The molecule has 0 spiro atoms. The number of fused-ring (bicyclic) bond motifs is 1. The van der Waals surface area contributed by atoms with E-state index < -0.39 is 0 Å². The molecule has 8 nitrogen and oxygen atoms in total. The summed E-state index contributed by atoms with van der Waals surface area (Å²) in [5, 5.41) is 10.6. The van der Waals surface area contributed by atoms with Gasteiger partial charge in [0.05, 0.1) is 13.3 Å². The van der Waals surface area contributed by atoms with Crippen LogP contribution in [0.15, 0.2) is 91.5 Å². The van der Waals surface area contributed by atoms with Crippen molar-refractivity contribution in [1.82, 2.24) is 19.6 Å². The quantitative estimate of drug-likeness (QED) is 0.374. The first-order chi connectivity index (χ1) is 16.7. The Morgan fingerprint density at radius 1 is 1.00 bits per heavy atom. The van der Waals surface area contributed by atoms with Gasteiger partial charge in [-0.2, -0.15) is 5.10 Å². The first-order valence-corrected chi connectivity index (χ1v) is 10.7. The van der Waals surface area contributed by atoms with Crippen LogP contribution >= 0.6 is 0 Å². The van der Waals surface area contributed by atoms with Crippen molar-refractivity contribution in [1.29, 1.82) is 0 Å². The summed E-state index contributed by atoms with van der Waals surface area (Å²) in [6.07, 6.45) is 7.22. The van der Waals surface area contributed by atoms with Crippen LogP contribution in [0.1, 0.15) is 15.9 Å². The first kappa shape index (κ1) is 21.1. The molecular weight excluding hydrogens is 428 g/mol. The Bertz CT molecular complexity index is 1410. The predicted molar refractivity (Wildman–Crippen MR) is 131 cm³/mol. The molecule has 0 aliphatic carbocycles. The van der Waals surface area contributed by atoms with Crippen molar-refractivity contribution < 1.29 is 9.53 Å². The Labute approximate surface area is 196 Å². The van der Waals surface area contributed by atoms with Crippen molar-refractivity contribution in [3.8, 4) is 16.9 Å². The fourth-order valence-corrected chi connectivity index (χ4v) is 3.55. The van der Waals surface area contributed by atoms with Gasteiger partial charge >= 0.3 is 0 Å². The normalized spacial score (nSPS) is 10.7. The molecule has 0 bridgehead atoms. The number of carbonyl (C=O) groups excluding carboxylic acids is 1. The van der Waals surface area contributed by atoms with E-state index in [0.29, 0.717) is 17.8 Å². The molecule has 168 valence electrons. The minimum atomic E-state index is -0.184. The lowest BCUT2D eigenvalue weighted by atomic mass is 10.1. The number of anilines is 2. The van der Waals surface area contributed by atoms with Gasteiger partial charge in [-0.3, -0.25) is 9.78 Å². The van der Waals surface area contributed by atoms with Crippen molar-refractivity contribution >= 4 is 23.1 Å². The van der Waals surface area contributed by atoms with E-state index >= 15 is 0 Å². The number of rotatable bonds is 7. The number of carbonyl (C=O) groups is 1. The van der Waals surface area contributed by atoms with Crippen molar-refractivity contribution in [2.75, 3.05) is 17.7 Å². The van der Waals surface area contributed by atoms with E-state index in [1.165, 1.54) is 0 Å². The third-order valence-electron chi connectivity index (χ3n) is 5.37. The van der Waals surface area contributed by atoms with E-state index in [0.717, 1.165) is 33.9 Å². The van der Waals surface area contributed by atoms with Crippen LogP contribution in [0.5, 0.6) is 5.75 Å². The van der Waals surface area contributed by atoms with E-state index in [9.17, 15) is 4.79 Å². The molecule has 0 aliphatic rings. The number of pyridine rings is 1. The monoisotopic (exact) mass is 450 g/mol. The summed E-state index contributed by atoms with van der Waals surface area (Å²) in [5.74, 6) is 1.30. The molecule has 8 heteroatoms. The summed E-state index contributed by atoms with van der Waals surface area (Å²) < 4.78 is 6.88. The molecule has 0 unspecified atom stereocenters. The van der Waals surface area contributed by atoms with Crippen molar-refractivity contribution in [3.63, 3.8) is 0 Å². The highest BCUT2D eigenvalue weighted by Crippen LogP contribution is 2.25. The number of methoxy groups -OCH3 is 1. The average molecular weight is 451 g/mol. The Kier molecular flexibility index (Phi) is 5.85. The van der Waals surface area contributed by atoms with Crippen molar-refractivity contribution in [3.05, 3.63) is 103 Å². The third-order valence-corrected chi connectivity index (χ3v) is 5.37. The maximum absolute atomic E-state index is 12.6. The molecule has 0 fully saturated rings. The van der Waals surface area contributed by atoms with Crippen molar-refractivity contribution in [2.24, 2.45) is 0 Å². The predicted octanol–water partition coefficient (Wildman–Crippen LogP) is 4.66. The number of benzene rings is 2. The maximum Gasteiger partial charge on any atom is 0.255 e. The molecule has 3 heterocycles. The SMILES string of the molecule is COc1ccc(NC(=O)c2ccc(-c3cnn4ccc(NCc5cccnc5)nc34)cc2)cc1. The zero-order valence-corrected chi connectivity index (χ0v) is 18.5. The van der Waals surface area contributed by atoms with E-state index in [4.69, 9.17) is 9.72 Å². The topological polar surface area (TPSA) is 93.4 Å². The Morgan fingerprint density at radius 3 is 2.56 bits per heavy atom. The molecule has 0 saturated carbocycles. The number of aromatic nitrogens is 4. The molecule has 2 aromatic carbocycles. The van der Waals surface area contributed by atoms with Gasteiger partial charge in [0.15, 0.2) is 5.65 Å². The summed E-state index contributed by atoms with van der Waals surface area (Å²) in [6, 6.07) is 20.4. The highest BCUT2D eigenvalue weighted by Gasteiger charge is 2.11. The van der Waals surface area contributed by atoms with Crippen LogP contribution in [-0.2, 0) is 6.54 Å². The molecule has 34 heavy (non-hydrogen) atoms. The number of nitrogens with zero attached hydrogens (tertiary/aromatic N) is 4. The summed E-state index contributed by atoms with van der Waals surface area (Å²) in [6.45, 7) is 0.623. The van der Waals surface area contributed by atoms with Gasteiger partial charge in [-0.25, -0.2) is 9.50 Å². The number of hydrogen-bond acceptors (Lipinski definition) is 6. The smallest absolute Gasteiger partial charge is 0.255 e. The van der Waals surface area contributed by atoms with Gasteiger partial charge in [0, 0.05) is 41.9 Å². The molecule has 0 radical (unpaired) electrons. The molecule has 5 rings (SSSR count). The van der Waals surface area contributed by atoms with Crippen LogP contribution in [-0.4, -0.2) is 32.6 Å². The van der Waals surface area contributed by atoms with Gasteiger partial charge in [-0.1, -0.05) is 18.2 Å². The molecule has 2 N–H and O–H groups in total. The molecule has 0 aliphatic heterocycles. The minimum absolute atomic E-state index is 0.184. The zero-order valence-electron chi connectivity index (χ0n) is 18.5. The lowest BCUT2D eigenvalue weighted by Crippen LogP contribution is -2.11. The largest absolute Gasteiger partial charge is 0.497 e. The Hall–Kier alpha value is -4.72. The summed E-state index contributed by atoms with van der Waals surface area (Å²) in [5.41, 5.74) is 4.86. The first-order valence-electron chi connectivity index (χ1n) is 10.7. The molecule has 3 aromatic heterocycles. The highest BCUT2D eigenvalue weighted by molar-refractivity contribution is 6.04. The van der Waals surface area contributed by atoms with Gasteiger partial charge in [0.25, 0.3) is 5.91 Å². The zero-order chi connectivity index (χ0) is 23.3. The second-order valence-corrected chi connectivity index (χ2v) is 7.61. The summed E-state index contributed by atoms with van der Waals surface area (Å²) in [7, 11) is 1.61. The second kappa shape index (κ2) is 9.41. The minimum Gasteiger partial charge on any atom is -0.497 e. The molecule has 5 aromatic rings. The fourth-order valence-electron chi connectivity index (χ4n) is 3.55. The van der Waals surface area contributed by atoms with Crippen molar-refractivity contribution in [2.45, 2.75) is 6.54 Å². The fraction of sp³-hybridized carbons (Fsp3) is 0.0769. The summed E-state index contributed by atoms with van der Waals surface area (Å²) >= 11 is 0. The summed E-state index contributed by atoms with van der Waals surface area (Å²) in [4.78, 5) is 21.5. The van der Waals surface area contributed by atoms with E-state index in [2.05, 4.69) is 20.7 Å². The van der Waals surface area contributed by atoms with Crippen LogP contribution in [0.2, 0.25) is 0 Å². The van der Waals surface area contributed by atoms with E-state index in [1.54, 1.807) is 60.4 Å². The van der Waals surface area contributed by atoms with Gasteiger partial charge in [-0.15, -0.1) is 0 Å². The third kappa shape index (κ3) is 4.56. The van der Waals surface area contributed by atoms with Gasteiger partial charge in [0.2, 0.25) is 0 Å². The number of amides is 1. The van der Waals surface area contributed by atoms with Gasteiger partial charge in [-0.05, 0) is 59.7 Å². The average Bonchev–Trinajstić information content (AvgIpc) is 3.32. The van der Waals surface area contributed by atoms with Crippen LogP contribution in [0, 0.1) is 0 Å². The lowest BCUT2D eigenvalue weighted by molar-refractivity contribution is 0.102. The number of ether oxygens (including phenoxy) is 1. The second-order valence-electron chi connectivity index (χ2n) is 7.61. The van der Waals surface area contributed by atoms with E-state index in [-0.39, 0.29) is 5.91 Å².